The summed E-state index contributed by atoms with van der Waals surface area (Å²) in [6.45, 7) is -0.206. The van der Waals surface area contributed by atoms with Crippen molar-refractivity contribution in [2.45, 2.75) is 13.2 Å². The minimum absolute atomic E-state index is 0.0751. The number of hydrogen-bond acceptors (Lipinski definition) is 4. The third-order valence-corrected chi connectivity index (χ3v) is 3.31. The average Bonchev–Trinajstić information content (AvgIpc) is 2.83. The summed E-state index contributed by atoms with van der Waals surface area (Å²) in [7, 11) is 0. The van der Waals surface area contributed by atoms with Crippen LogP contribution in [0.2, 0.25) is 0 Å². The molecule has 0 saturated heterocycles. The first-order valence-electron chi connectivity index (χ1n) is 6.50. The van der Waals surface area contributed by atoms with E-state index in [9.17, 15) is 9.59 Å². The average molecular weight is 283 g/mol. The smallest absolute Gasteiger partial charge is 0.408 e. The molecule has 0 aliphatic heterocycles. The van der Waals surface area contributed by atoms with Gasteiger partial charge >= 0.3 is 5.76 Å². The van der Waals surface area contributed by atoms with Crippen molar-refractivity contribution in [2.24, 2.45) is 0 Å². The molecular weight excluding hydrogens is 270 g/mol. The maximum atomic E-state index is 12.2. The third-order valence-electron chi connectivity index (χ3n) is 3.31. The quantitative estimate of drug-likeness (QED) is 0.743. The lowest BCUT2D eigenvalue weighted by molar-refractivity contribution is 0.0970. The van der Waals surface area contributed by atoms with Gasteiger partial charge < -0.3 is 9.52 Å². The first-order chi connectivity index (χ1) is 10.2. The Labute approximate surface area is 120 Å². The Kier molecular flexibility index (Phi) is 3.41. The van der Waals surface area contributed by atoms with E-state index in [1.54, 1.807) is 42.5 Å². The number of carbonyl (C=O) groups excluding carboxylic acids is 1. The number of aliphatic hydroxyl groups is 1. The lowest BCUT2D eigenvalue weighted by Gasteiger charge is -2.02. The fraction of sp³-hybridized carbons (Fsp3) is 0.125. The Bertz CT molecular complexity index is 846. The second kappa shape index (κ2) is 5.38. The zero-order valence-corrected chi connectivity index (χ0v) is 11.2. The first-order valence-corrected chi connectivity index (χ1v) is 6.50. The molecule has 2 aromatic carbocycles. The van der Waals surface area contributed by atoms with Crippen molar-refractivity contribution < 1.29 is 14.3 Å². The molecule has 1 heterocycles. The molecule has 0 radical (unpaired) electrons. The van der Waals surface area contributed by atoms with Crippen LogP contribution in [0.5, 0.6) is 0 Å². The van der Waals surface area contributed by atoms with Crippen molar-refractivity contribution in [2.75, 3.05) is 0 Å². The van der Waals surface area contributed by atoms with Gasteiger partial charge in [0.1, 0.15) is 0 Å². The van der Waals surface area contributed by atoms with Gasteiger partial charge in [-0.15, -0.1) is 0 Å². The number of aromatic nitrogens is 1. The number of rotatable bonds is 4. The molecule has 1 N–H and O–H groups in total. The van der Waals surface area contributed by atoms with E-state index < -0.39 is 5.76 Å². The van der Waals surface area contributed by atoms with Gasteiger partial charge in [-0.05, 0) is 17.7 Å². The highest BCUT2D eigenvalue weighted by Crippen LogP contribution is 2.16. The minimum Gasteiger partial charge on any atom is -0.408 e. The van der Waals surface area contributed by atoms with Crippen molar-refractivity contribution in [3.05, 3.63) is 70.2 Å². The zero-order valence-electron chi connectivity index (χ0n) is 11.2. The lowest BCUT2D eigenvalue weighted by atomic mass is 10.1. The summed E-state index contributed by atoms with van der Waals surface area (Å²) < 4.78 is 6.42. The highest BCUT2D eigenvalue weighted by atomic mass is 16.4. The van der Waals surface area contributed by atoms with Gasteiger partial charge in [0.25, 0.3) is 0 Å². The van der Waals surface area contributed by atoms with Gasteiger partial charge in [0.15, 0.2) is 11.4 Å². The topological polar surface area (TPSA) is 72.4 Å². The van der Waals surface area contributed by atoms with Crippen LogP contribution in [0.3, 0.4) is 0 Å². The second-order valence-electron chi connectivity index (χ2n) is 4.70. The van der Waals surface area contributed by atoms with E-state index in [0.717, 1.165) is 0 Å². The number of nitrogens with zero attached hydrogens (tertiary/aromatic N) is 1. The van der Waals surface area contributed by atoms with E-state index in [4.69, 9.17) is 9.52 Å². The number of hydrogen-bond donors (Lipinski definition) is 1. The Balaban J connectivity index is 1.99. The van der Waals surface area contributed by atoms with Crippen LogP contribution in [-0.2, 0) is 13.2 Å². The SMILES string of the molecule is O=C(Cn1c(=O)oc2cc(CO)ccc21)c1ccccc1. The molecule has 5 heteroatoms. The van der Waals surface area contributed by atoms with E-state index in [1.807, 2.05) is 6.07 Å². The van der Waals surface area contributed by atoms with Gasteiger partial charge in [-0.2, -0.15) is 0 Å². The molecule has 3 aromatic rings. The predicted molar refractivity (Wildman–Crippen MR) is 77.2 cm³/mol. The molecule has 1 aromatic heterocycles. The van der Waals surface area contributed by atoms with E-state index in [-0.39, 0.29) is 18.9 Å². The lowest BCUT2D eigenvalue weighted by Crippen LogP contribution is -2.20. The standard InChI is InChI=1S/C16H13NO4/c18-10-11-6-7-13-15(8-11)21-16(20)17(13)9-14(19)12-4-2-1-3-5-12/h1-8,18H,9-10H2. The largest absolute Gasteiger partial charge is 0.420 e. The molecule has 0 fully saturated rings. The van der Waals surface area contributed by atoms with Crippen LogP contribution >= 0.6 is 0 Å². The molecule has 0 unspecified atom stereocenters. The number of oxazole rings is 1. The zero-order chi connectivity index (χ0) is 14.8. The number of ketones is 1. The Hall–Kier alpha value is -2.66. The van der Waals surface area contributed by atoms with E-state index in [0.29, 0.717) is 22.2 Å². The summed E-state index contributed by atoms with van der Waals surface area (Å²) in [6.07, 6.45) is 0. The van der Waals surface area contributed by atoms with Gasteiger partial charge in [-0.3, -0.25) is 9.36 Å². The van der Waals surface area contributed by atoms with Crippen LogP contribution < -0.4 is 5.76 Å². The maximum absolute atomic E-state index is 12.2. The molecule has 0 bridgehead atoms. The summed E-state index contributed by atoms with van der Waals surface area (Å²) in [5, 5.41) is 9.09. The van der Waals surface area contributed by atoms with Gasteiger partial charge in [-0.1, -0.05) is 36.4 Å². The van der Waals surface area contributed by atoms with Crippen LogP contribution in [0, 0.1) is 0 Å². The summed E-state index contributed by atoms with van der Waals surface area (Å²) in [4.78, 5) is 24.1. The molecule has 5 nitrogen and oxygen atoms in total. The number of carbonyl (C=O) groups is 1. The summed E-state index contributed by atoms with van der Waals surface area (Å²) in [5.74, 6) is -0.740. The normalized spacial score (nSPS) is 10.9. The van der Waals surface area contributed by atoms with Gasteiger partial charge in [-0.25, -0.2) is 4.79 Å². The number of benzene rings is 2. The van der Waals surface area contributed by atoms with Crippen molar-refractivity contribution in [3.8, 4) is 0 Å². The maximum Gasteiger partial charge on any atom is 0.420 e. The van der Waals surface area contributed by atoms with Crippen molar-refractivity contribution in [3.63, 3.8) is 0 Å². The molecule has 0 spiro atoms. The van der Waals surface area contributed by atoms with E-state index >= 15 is 0 Å². The molecule has 0 aliphatic carbocycles. The molecule has 0 amide bonds. The van der Waals surface area contributed by atoms with E-state index in [1.165, 1.54) is 4.57 Å². The number of Topliss-reactive ketones (excluding diaryl/α,β-unsaturated/α-hetero) is 1. The van der Waals surface area contributed by atoms with Crippen LogP contribution in [0.4, 0.5) is 0 Å². The number of aliphatic hydroxyl groups excluding tert-OH is 1. The van der Waals surface area contributed by atoms with E-state index in [2.05, 4.69) is 0 Å². The Morgan fingerprint density at radius 3 is 2.62 bits per heavy atom. The Morgan fingerprint density at radius 2 is 1.90 bits per heavy atom. The van der Waals surface area contributed by atoms with Gasteiger partial charge in [0, 0.05) is 5.56 Å². The van der Waals surface area contributed by atoms with Crippen molar-refractivity contribution in [1.29, 1.82) is 0 Å². The van der Waals surface area contributed by atoms with Crippen molar-refractivity contribution in [1.82, 2.24) is 4.57 Å². The third kappa shape index (κ3) is 2.51. The Morgan fingerprint density at radius 1 is 1.14 bits per heavy atom. The minimum atomic E-state index is -0.579. The fourth-order valence-electron chi connectivity index (χ4n) is 2.22. The van der Waals surface area contributed by atoms with Gasteiger partial charge in [0.2, 0.25) is 0 Å². The van der Waals surface area contributed by atoms with Gasteiger partial charge in [0.05, 0.1) is 18.7 Å². The molecule has 3 rings (SSSR count). The van der Waals surface area contributed by atoms with Crippen molar-refractivity contribution >= 4 is 16.9 Å². The first kappa shape index (κ1) is 13.3. The molecule has 106 valence electrons. The highest BCUT2D eigenvalue weighted by Gasteiger charge is 2.14. The fourth-order valence-corrected chi connectivity index (χ4v) is 2.22. The summed E-state index contributed by atoms with van der Waals surface area (Å²) >= 11 is 0. The molecular formula is C16H13NO4. The van der Waals surface area contributed by atoms with Crippen LogP contribution in [0.15, 0.2) is 57.7 Å². The highest BCUT2D eigenvalue weighted by molar-refractivity contribution is 5.96. The monoisotopic (exact) mass is 283 g/mol. The summed E-state index contributed by atoms with van der Waals surface area (Å²) in [6, 6.07) is 13.8. The second-order valence-corrected chi connectivity index (χ2v) is 4.70. The molecule has 0 atom stereocenters. The van der Waals surface area contributed by atoms with Crippen LogP contribution in [0.25, 0.3) is 11.1 Å². The summed E-state index contributed by atoms with van der Waals surface area (Å²) in [5.41, 5.74) is 2.11. The van der Waals surface area contributed by atoms with Crippen LogP contribution in [-0.4, -0.2) is 15.5 Å². The van der Waals surface area contributed by atoms with Crippen LogP contribution in [0.1, 0.15) is 15.9 Å². The predicted octanol–water partition coefficient (Wildman–Crippen LogP) is 1.97. The molecule has 0 aliphatic rings. The molecule has 0 saturated carbocycles. The number of fused-ring (bicyclic) bond motifs is 1. The molecule has 21 heavy (non-hydrogen) atoms.